The standard InChI is InChI=1S/C14H15BrClNO4/c15-9-2-3-11(10(16)6-9)21-7-12(18)17-8-14(13(19)20)4-1-5-14/h2-3,6H,1,4-5,7-8H2,(H,17,18)(H,19,20). The first-order chi connectivity index (χ1) is 9.93. The van der Waals surface area contributed by atoms with E-state index in [4.69, 9.17) is 21.4 Å². The van der Waals surface area contributed by atoms with Crippen LogP contribution in [0.1, 0.15) is 19.3 Å². The Hall–Kier alpha value is -1.27. The Labute approximate surface area is 135 Å². The topological polar surface area (TPSA) is 75.6 Å². The van der Waals surface area contributed by atoms with Crippen LogP contribution >= 0.6 is 27.5 Å². The van der Waals surface area contributed by atoms with Crippen LogP contribution in [-0.2, 0) is 9.59 Å². The molecule has 0 saturated heterocycles. The molecule has 2 N–H and O–H groups in total. The van der Waals surface area contributed by atoms with Crippen LogP contribution in [0.5, 0.6) is 5.75 Å². The number of hydrogen-bond donors (Lipinski definition) is 2. The molecule has 1 amide bonds. The van der Waals surface area contributed by atoms with Gasteiger partial charge in [0, 0.05) is 11.0 Å². The highest BCUT2D eigenvalue weighted by Crippen LogP contribution is 2.40. The minimum absolute atomic E-state index is 0.137. The van der Waals surface area contributed by atoms with Crippen LogP contribution < -0.4 is 10.1 Å². The molecule has 1 aromatic rings. The lowest BCUT2D eigenvalue weighted by Crippen LogP contribution is -2.48. The SMILES string of the molecule is O=C(COc1ccc(Br)cc1Cl)NCC1(C(=O)O)CCC1. The van der Waals surface area contributed by atoms with Gasteiger partial charge in [-0.1, -0.05) is 34.0 Å². The fourth-order valence-electron chi connectivity index (χ4n) is 2.12. The van der Waals surface area contributed by atoms with Crippen molar-refractivity contribution >= 4 is 39.4 Å². The van der Waals surface area contributed by atoms with Crippen molar-refractivity contribution in [3.8, 4) is 5.75 Å². The first-order valence-electron chi connectivity index (χ1n) is 6.51. The van der Waals surface area contributed by atoms with E-state index < -0.39 is 11.4 Å². The van der Waals surface area contributed by atoms with E-state index in [2.05, 4.69) is 21.2 Å². The predicted octanol–water partition coefficient (Wildman–Crippen LogP) is 2.85. The largest absolute Gasteiger partial charge is 0.482 e. The van der Waals surface area contributed by atoms with Crippen LogP contribution in [0.3, 0.4) is 0 Å². The van der Waals surface area contributed by atoms with E-state index in [0.717, 1.165) is 10.9 Å². The summed E-state index contributed by atoms with van der Waals surface area (Å²) in [6.45, 7) is -0.0599. The minimum atomic E-state index is -0.856. The average Bonchev–Trinajstić information content (AvgIpc) is 2.36. The first-order valence-corrected chi connectivity index (χ1v) is 7.68. The van der Waals surface area contributed by atoms with E-state index in [1.807, 2.05) is 0 Å². The lowest BCUT2D eigenvalue weighted by atomic mass is 9.69. The molecule has 0 radical (unpaired) electrons. The number of carbonyl (C=O) groups is 2. The van der Waals surface area contributed by atoms with Gasteiger partial charge in [0.15, 0.2) is 6.61 Å². The Balaban J connectivity index is 1.81. The van der Waals surface area contributed by atoms with Crippen molar-refractivity contribution in [1.82, 2.24) is 5.32 Å². The maximum Gasteiger partial charge on any atom is 0.311 e. The number of nitrogens with one attached hydrogen (secondary N) is 1. The van der Waals surface area contributed by atoms with Crippen LogP contribution in [0, 0.1) is 5.41 Å². The molecule has 2 rings (SSSR count). The smallest absolute Gasteiger partial charge is 0.311 e. The summed E-state index contributed by atoms with van der Waals surface area (Å²) in [6.07, 6.45) is 2.08. The van der Waals surface area contributed by atoms with Gasteiger partial charge < -0.3 is 15.2 Å². The fourth-order valence-corrected chi connectivity index (χ4v) is 2.85. The third kappa shape index (κ3) is 3.89. The molecule has 0 heterocycles. The van der Waals surface area contributed by atoms with Crippen molar-refractivity contribution in [2.75, 3.05) is 13.2 Å². The summed E-state index contributed by atoms with van der Waals surface area (Å²) in [5.41, 5.74) is -0.801. The quantitative estimate of drug-likeness (QED) is 0.800. The van der Waals surface area contributed by atoms with Gasteiger partial charge in [-0.25, -0.2) is 0 Å². The molecule has 0 aliphatic heterocycles. The monoisotopic (exact) mass is 375 g/mol. The first kappa shape index (κ1) is 16.1. The number of amides is 1. The van der Waals surface area contributed by atoms with Gasteiger partial charge in [0.05, 0.1) is 10.4 Å². The number of aliphatic carboxylic acids is 1. The number of ether oxygens (including phenoxy) is 1. The van der Waals surface area contributed by atoms with Crippen molar-refractivity contribution < 1.29 is 19.4 Å². The molecule has 1 fully saturated rings. The summed E-state index contributed by atoms with van der Waals surface area (Å²) in [5.74, 6) is -0.806. The maximum absolute atomic E-state index is 11.7. The molecule has 1 aromatic carbocycles. The van der Waals surface area contributed by atoms with Crippen molar-refractivity contribution in [2.45, 2.75) is 19.3 Å². The Morgan fingerprint density at radius 2 is 2.14 bits per heavy atom. The highest BCUT2D eigenvalue weighted by molar-refractivity contribution is 9.10. The summed E-state index contributed by atoms with van der Waals surface area (Å²) in [7, 11) is 0. The molecular weight excluding hydrogens is 362 g/mol. The number of carboxylic acids is 1. The zero-order chi connectivity index (χ0) is 15.5. The van der Waals surface area contributed by atoms with Gasteiger partial charge in [0.2, 0.25) is 0 Å². The second-order valence-electron chi connectivity index (χ2n) is 5.08. The van der Waals surface area contributed by atoms with E-state index >= 15 is 0 Å². The number of carboxylic acid groups (broad SMARTS) is 1. The molecule has 0 aromatic heterocycles. The van der Waals surface area contributed by atoms with Crippen LogP contribution in [0.25, 0.3) is 0 Å². The molecule has 0 bridgehead atoms. The van der Waals surface area contributed by atoms with Crippen molar-refractivity contribution in [1.29, 1.82) is 0 Å². The highest BCUT2D eigenvalue weighted by Gasteiger charge is 2.44. The van der Waals surface area contributed by atoms with Crippen molar-refractivity contribution in [3.63, 3.8) is 0 Å². The molecule has 21 heavy (non-hydrogen) atoms. The summed E-state index contributed by atoms with van der Waals surface area (Å²) in [4.78, 5) is 22.9. The third-order valence-corrected chi connectivity index (χ3v) is 4.43. The lowest BCUT2D eigenvalue weighted by molar-refractivity contribution is -0.154. The number of halogens is 2. The van der Waals surface area contributed by atoms with E-state index in [1.165, 1.54) is 0 Å². The second-order valence-corrected chi connectivity index (χ2v) is 6.40. The lowest BCUT2D eigenvalue weighted by Gasteiger charge is -2.37. The summed E-state index contributed by atoms with van der Waals surface area (Å²) in [5, 5.41) is 12.2. The summed E-state index contributed by atoms with van der Waals surface area (Å²) >= 11 is 9.25. The Kier molecular flexibility index (Phi) is 5.11. The van der Waals surface area contributed by atoms with Crippen LogP contribution in [0.2, 0.25) is 5.02 Å². The predicted molar refractivity (Wildman–Crippen MR) is 81.6 cm³/mol. The normalized spacial score (nSPS) is 15.9. The van der Waals surface area contributed by atoms with Crippen LogP contribution in [-0.4, -0.2) is 30.1 Å². The Morgan fingerprint density at radius 3 is 2.67 bits per heavy atom. The van der Waals surface area contributed by atoms with Gasteiger partial charge in [-0.15, -0.1) is 0 Å². The number of benzene rings is 1. The molecule has 0 spiro atoms. The number of rotatable bonds is 6. The van der Waals surface area contributed by atoms with E-state index in [-0.39, 0.29) is 19.1 Å². The average molecular weight is 377 g/mol. The Bertz CT molecular complexity index is 560. The molecule has 1 saturated carbocycles. The number of hydrogen-bond acceptors (Lipinski definition) is 3. The van der Waals surface area contributed by atoms with Crippen molar-refractivity contribution in [2.24, 2.45) is 5.41 Å². The maximum atomic E-state index is 11.7. The molecule has 5 nitrogen and oxygen atoms in total. The molecule has 0 unspecified atom stereocenters. The van der Waals surface area contributed by atoms with Gasteiger partial charge in [-0.2, -0.15) is 0 Å². The second kappa shape index (κ2) is 6.66. The summed E-state index contributed by atoms with van der Waals surface area (Å²) < 4.78 is 6.14. The van der Waals surface area contributed by atoms with Gasteiger partial charge in [-0.05, 0) is 31.0 Å². The van der Waals surface area contributed by atoms with Crippen LogP contribution in [0.15, 0.2) is 22.7 Å². The third-order valence-electron chi connectivity index (χ3n) is 3.64. The van der Waals surface area contributed by atoms with Crippen molar-refractivity contribution in [3.05, 3.63) is 27.7 Å². The molecule has 0 atom stereocenters. The molecule has 7 heteroatoms. The molecule has 1 aliphatic rings. The Morgan fingerprint density at radius 1 is 1.43 bits per heavy atom. The molecular formula is C14H15BrClNO4. The van der Waals surface area contributed by atoms with E-state index in [9.17, 15) is 9.59 Å². The fraction of sp³-hybridized carbons (Fsp3) is 0.429. The summed E-state index contributed by atoms with van der Waals surface area (Å²) in [6, 6.07) is 5.08. The number of carbonyl (C=O) groups excluding carboxylic acids is 1. The molecule has 1 aliphatic carbocycles. The van der Waals surface area contributed by atoms with Gasteiger partial charge in [0.1, 0.15) is 5.75 Å². The van der Waals surface area contributed by atoms with E-state index in [1.54, 1.807) is 18.2 Å². The van der Waals surface area contributed by atoms with Gasteiger partial charge in [0.25, 0.3) is 5.91 Å². The minimum Gasteiger partial charge on any atom is -0.482 e. The van der Waals surface area contributed by atoms with Gasteiger partial charge in [-0.3, -0.25) is 9.59 Å². The van der Waals surface area contributed by atoms with Crippen LogP contribution in [0.4, 0.5) is 0 Å². The zero-order valence-corrected chi connectivity index (χ0v) is 13.5. The molecule has 114 valence electrons. The highest BCUT2D eigenvalue weighted by atomic mass is 79.9. The van der Waals surface area contributed by atoms with E-state index in [0.29, 0.717) is 23.6 Å². The zero-order valence-electron chi connectivity index (χ0n) is 11.2. The van der Waals surface area contributed by atoms with Gasteiger partial charge >= 0.3 is 5.97 Å².